The zero-order valence-electron chi connectivity index (χ0n) is 13.5. The van der Waals surface area contributed by atoms with Gasteiger partial charge in [-0.3, -0.25) is 0 Å². The van der Waals surface area contributed by atoms with Crippen molar-refractivity contribution in [2.24, 2.45) is 0 Å². The molecule has 0 aromatic heterocycles. The van der Waals surface area contributed by atoms with Gasteiger partial charge < -0.3 is 10.1 Å². The number of hydrogen-bond acceptors (Lipinski definition) is 2. The first-order valence-electron chi connectivity index (χ1n) is 8.69. The largest absolute Gasteiger partial charge is 0.382 e. The third-order valence-corrected chi connectivity index (χ3v) is 5.21. The van der Waals surface area contributed by atoms with E-state index in [1.807, 2.05) is 0 Å². The van der Waals surface area contributed by atoms with E-state index in [9.17, 15) is 0 Å². The minimum Gasteiger partial charge on any atom is -0.382 e. The third-order valence-electron chi connectivity index (χ3n) is 5.21. The Kier molecular flexibility index (Phi) is 4.54. The summed E-state index contributed by atoms with van der Waals surface area (Å²) in [6.45, 7) is 5.42. The van der Waals surface area contributed by atoms with Gasteiger partial charge in [-0.05, 0) is 49.3 Å². The predicted octanol–water partition coefficient (Wildman–Crippen LogP) is 5.10. The summed E-state index contributed by atoms with van der Waals surface area (Å²) in [7, 11) is 0. The Hall–Kier alpha value is -1.02. The lowest BCUT2D eigenvalue weighted by Gasteiger charge is -2.33. The first-order chi connectivity index (χ1) is 10.2. The Bertz CT molecular complexity index is 445. The minimum absolute atomic E-state index is 0.242. The molecule has 0 amide bonds. The molecule has 1 aromatic rings. The molecule has 2 fully saturated rings. The minimum atomic E-state index is 0.242. The summed E-state index contributed by atoms with van der Waals surface area (Å²) in [5.41, 5.74) is 2.86. The summed E-state index contributed by atoms with van der Waals surface area (Å²) in [6.07, 6.45) is 9.57. The van der Waals surface area contributed by atoms with Crippen molar-refractivity contribution in [3.8, 4) is 0 Å². The first kappa shape index (κ1) is 14.9. The molecule has 1 unspecified atom stereocenters. The number of ether oxygens (including phenoxy) is 1. The van der Waals surface area contributed by atoms with E-state index in [-0.39, 0.29) is 5.60 Å². The fourth-order valence-electron chi connectivity index (χ4n) is 3.82. The van der Waals surface area contributed by atoms with Gasteiger partial charge in [-0.1, -0.05) is 45.2 Å². The van der Waals surface area contributed by atoms with E-state index in [1.54, 1.807) is 0 Å². The van der Waals surface area contributed by atoms with Gasteiger partial charge in [0.05, 0.1) is 11.7 Å². The van der Waals surface area contributed by atoms with Crippen molar-refractivity contribution in [1.29, 1.82) is 0 Å². The summed E-state index contributed by atoms with van der Waals surface area (Å²) in [5.74, 6) is 0.600. The molecule has 1 N–H and O–H groups in total. The standard InChI is InChI=1S/C19H29NO/c1-15(2)16-6-8-17(9-7-16)20-14-18-10-13-19(21-18)11-4-3-5-12-19/h6-9,15,18,20H,3-5,10-14H2,1-2H3. The number of anilines is 1. The van der Waals surface area contributed by atoms with Gasteiger partial charge in [0, 0.05) is 12.2 Å². The molecule has 2 aliphatic rings. The SMILES string of the molecule is CC(C)c1ccc(NCC2CCC3(CCCCC3)O2)cc1. The second-order valence-electron chi connectivity index (χ2n) is 7.18. The molecule has 2 heteroatoms. The summed E-state index contributed by atoms with van der Waals surface area (Å²) < 4.78 is 6.41. The first-order valence-corrected chi connectivity index (χ1v) is 8.69. The van der Waals surface area contributed by atoms with Crippen molar-refractivity contribution < 1.29 is 4.74 Å². The fourth-order valence-corrected chi connectivity index (χ4v) is 3.82. The van der Waals surface area contributed by atoms with Crippen molar-refractivity contribution in [2.75, 3.05) is 11.9 Å². The van der Waals surface area contributed by atoms with E-state index in [0.717, 1.165) is 6.54 Å². The van der Waals surface area contributed by atoms with Crippen LogP contribution < -0.4 is 5.32 Å². The molecule has 116 valence electrons. The van der Waals surface area contributed by atoms with E-state index in [2.05, 4.69) is 43.4 Å². The number of rotatable bonds is 4. The van der Waals surface area contributed by atoms with Crippen LogP contribution in [-0.2, 0) is 4.74 Å². The van der Waals surface area contributed by atoms with Crippen LogP contribution in [0.1, 0.15) is 70.3 Å². The van der Waals surface area contributed by atoms with Crippen LogP contribution in [0.15, 0.2) is 24.3 Å². The summed E-state index contributed by atoms with van der Waals surface area (Å²) in [6, 6.07) is 8.84. The van der Waals surface area contributed by atoms with Crippen LogP contribution >= 0.6 is 0 Å². The molecular weight excluding hydrogens is 258 g/mol. The number of benzene rings is 1. The maximum Gasteiger partial charge on any atom is 0.0756 e. The molecule has 21 heavy (non-hydrogen) atoms. The van der Waals surface area contributed by atoms with E-state index in [1.165, 1.54) is 56.2 Å². The zero-order chi connectivity index (χ0) is 14.7. The van der Waals surface area contributed by atoms with E-state index in [0.29, 0.717) is 12.0 Å². The lowest BCUT2D eigenvalue weighted by atomic mass is 9.83. The van der Waals surface area contributed by atoms with Crippen LogP contribution in [0, 0.1) is 0 Å². The lowest BCUT2D eigenvalue weighted by molar-refractivity contribution is -0.0588. The van der Waals surface area contributed by atoms with Crippen LogP contribution in [0.25, 0.3) is 0 Å². The Balaban J connectivity index is 1.49. The van der Waals surface area contributed by atoms with Crippen LogP contribution in [0.3, 0.4) is 0 Å². The van der Waals surface area contributed by atoms with E-state index in [4.69, 9.17) is 4.74 Å². The second-order valence-corrected chi connectivity index (χ2v) is 7.18. The van der Waals surface area contributed by atoms with Gasteiger partial charge in [-0.15, -0.1) is 0 Å². The van der Waals surface area contributed by atoms with Crippen molar-refractivity contribution >= 4 is 5.69 Å². The molecule has 1 atom stereocenters. The van der Waals surface area contributed by atoms with Gasteiger partial charge in [0.25, 0.3) is 0 Å². The lowest BCUT2D eigenvalue weighted by Crippen LogP contribution is -2.33. The Morgan fingerprint density at radius 2 is 1.81 bits per heavy atom. The van der Waals surface area contributed by atoms with Crippen LogP contribution in [0.5, 0.6) is 0 Å². The molecule has 1 aromatic carbocycles. The molecule has 1 saturated carbocycles. The predicted molar refractivity (Wildman–Crippen MR) is 88.9 cm³/mol. The van der Waals surface area contributed by atoms with Crippen molar-refractivity contribution in [2.45, 2.75) is 76.4 Å². The fraction of sp³-hybridized carbons (Fsp3) is 0.684. The van der Waals surface area contributed by atoms with E-state index < -0.39 is 0 Å². The van der Waals surface area contributed by atoms with Gasteiger partial charge in [0.15, 0.2) is 0 Å². The highest BCUT2D eigenvalue weighted by Gasteiger charge is 2.40. The van der Waals surface area contributed by atoms with Gasteiger partial charge in [-0.2, -0.15) is 0 Å². The number of nitrogens with one attached hydrogen (secondary N) is 1. The molecule has 1 saturated heterocycles. The van der Waals surface area contributed by atoms with Crippen molar-refractivity contribution in [3.05, 3.63) is 29.8 Å². The third kappa shape index (κ3) is 3.60. The molecule has 1 spiro atoms. The quantitative estimate of drug-likeness (QED) is 0.831. The van der Waals surface area contributed by atoms with Crippen LogP contribution in [0.2, 0.25) is 0 Å². The number of hydrogen-bond donors (Lipinski definition) is 1. The monoisotopic (exact) mass is 287 g/mol. The molecule has 1 aliphatic heterocycles. The zero-order valence-corrected chi connectivity index (χ0v) is 13.5. The van der Waals surface area contributed by atoms with Gasteiger partial charge in [0.2, 0.25) is 0 Å². The highest BCUT2D eigenvalue weighted by atomic mass is 16.5. The van der Waals surface area contributed by atoms with Crippen molar-refractivity contribution in [3.63, 3.8) is 0 Å². The highest BCUT2D eigenvalue weighted by Crippen LogP contribution is 2.41. The Morgan fingerprint density at radius 1 is 1.10 bits per heavy atom. The molecule has 0 radical (unpaired) electrons. The second kappa shape index (κ2) is 6.39. The normalized spacial score (nSPS) is 24.6. The molecule has 0 bridgehead atoms. The van der Waals surface area contributed by atoms with Crippen LogP contribution in [0.4, 0.5) is 5.69 Å². The topological polar surface area (TPSA) is 21.3 Å². The Labute approximate surface area is 129 Å². The smallest absolute Gasteiger partial charge is 0.0756 e. The molecule has 2 nitrogen and oxygen atoms in total. The average molecular weight is 287 g/mol. The maximum atomic E-state index is 6.41. The van der Waals surface area contributed by atoms with Gasteiger partial charge in [-0.25, -0.2) is 0 Å². The average Bonchev–Trinajstić information content (AvgIpc) is 2.89. The van der Waals surface area contributed by atoms with Crippen molar-refractivity contribution in [1.82, 2.24) is 0 Å². The van der Waals surface area contributed by atoms with Gasteiger partial charge >= 0.3 is 0 Å². The summed E-state index contributed by atoms with van der Waals surface area (Å²) >= 11 is 0. The molecule has 3 rings (SSSR count). The molecule has 1 heterocycles. The van der Waals surface area contributed by atoms with Crippen LogP contribution in [-0.4, -0.2) is 18.2 Å². The highest BCUT2D eigenvalue weighted by molar-refractivity contribution is 5.45. The van der Waals surface area contributed by atoms with Gasteiger partial charge in [0.1, 0.15) is 0 Å². The Morgan fingerprint density at radius 3 is 2.48 bits per heavy atom. The molecule has 1 aliphatic carbocycles. The summed E-state index contributed by atoms with van der Waals surface area (Å²) in [5, 5.41) is 3.55. The molecular formula is C19H29NO. The summed E-state index contributed by atoms with van der Waals surface area (Å²) in [4.78, 5) is 0. The van der Waals surface area contributed by atoms with E-state index >= 15 is 0 Å². The maximum absolute atomic E-state index is 6.41.